The first-order valence-corrected chi connectivity index (χ1v) is 8.50. The van der Waals surface area contributed by atoms with E-state index in [-0.39, 0.29) is 5.91 Å². The number of carbonyl (C=O) groups is 1. The maximum Gasteiger partial charge on any atom is 0.274 e. The van der Waals surface area contributed by atoms with Gasteiger partial charge >= 0.3 is 0 Å². The van der Waals surface area contributed by atoms with Gasteiger partial charge in [0.1, 0.15) is 5.69 Å². The molecule has 4 rings (SSSR count). The Labute approximate surface area is 136 Å². The standard InChI is InChI=1S/C17H23N5O/c1-12(2)22-13-4-5-14(22)10-20(9-6-13)16(23)15-11-21-8-3-7-18-17(21)19-15/h3,7-8,11-14H,4-6,9-10H2,1-2H3. The number of likely N-dealkylation sites (tertiary alicyclic amines) is 1. The molecule has 0 aromatic carbocycles. The normalized spacial score (nSPS) is 25.3. The van der Waals surface area contributed by atoms with Crippen molar-refractivity contribution in [2.75, 3.05) is 13.1 Å². The van der Waals surface area contributed by atoms with E-state index in [9.17, 15) is 4.79 Å². The van der Waals surface area contributed by atoms with Crippen LogP contribution in [0.15, 0.2) is 24.7 Å². The first kappa shape index (κ1) is 14.6. The molecule has 2 fully saturated rings. The van der Waals surface area contributed by atoms with Crippen LogP contribution in [0.25, 0.3) is 5.78 Å². The zero-order chi connectivity index (χ0) is 16.0. The predicted octanol–water partition coefficient (Wildman–Crippen LogP) is 1.82. The van der Waals surface area contributed by atoms with Gasteiger partial charge in [-0.1, -0.05) is 0 Å². The summed E-state index contributed by atoms with van der Waals surface area (Å²) >= 11 is 0. The van der Waals surface area contributed by atoms with Gasteiger partial charge < -0.3 is 4.90 Å². The number of amides is 1. The van der Waals surface area contributed by atoms with Crippen LogP contribution in [-0.2, 0) is 0 Å². The smallest absolute Gasteiger partial charge is 0.274 e. The number of hydrogen-bond donors (Lipinski definition) is 0. The molecule has 0 N–H and O–H groups in total. The van der Waals surface area contributed by atoms with E-state index in [4.69, 9.17) is 0 Å². The van der Waals surface area contributed by atoms with Gasteiger partial charge in [-0.05, 0) is 39.2 Å². The van der Waals surface area contributed by atoms with Crippen LogP contribution in [0.4, 0.5) is 0 Å². The van der Waals surface area contributed by atoms with Crippen molar-refractivity contribution in [3.8, 4) is 0 Å². The monoisotopic (exact) mass is 313 g/mol. The summed E-state index contributed by atoms with van der Waals surface area (Å²) in [6, 6.07) is 3.50. The van der Waals surface area contributed by atoms with Crippen LogP contribution in [0.2, 0.25) is 0 Å². The minimum Gasteiger partial charge on any atom is -0.336 e. The fraction of sp³-hybridized carbons (Fsp3) is 0.588. The maximum absolute atomic E-state index is 12.9. The number of nitrogens with zero attached hydrogens (tertiary/aromatic N) is 5. The number of hydrogen-bond acceptors (Lipinski definition) is 4. The molecule has 0 saturated carbocycles. The quantitative estimate of drug-likeness (QED) is 0.848. The lowest BCUT2D eigenvalue weighted by molar-refractivity contribution is 0.0723. The fourth-order valence-corrected chi connectivity index (χ4v) is 4.23. The van der Waals surface area contributed by atoms with Crippen molar-refractivity contribution in [1.29, 1.82) is 0 Å². The Hall–Kier alpha value is -1.95. The van der Waals surface area contributed by atoms with Crippen LogP contribution in [-0.4, -0.2) is 61.3 Å². The maximum atomic E-state index is 12.9. The second kappa shape index (κ2) is 5.60. The molecule has 23 heavy (non-hydrogen) atoms. The van der Waals surface area contributed by atoms with Gasteiger partial charge in [0.25, 0.3) is 5.91 Å². The highest BCUT2D eigenvalue weighted by molar-refractivity contribution is 5.92. The molecular weight excluding hydrogens is 290 g/mol. The third kappa shape index (κ3) is 2.51. The lowest BCUT2D eigenvalue weighted by Crippen LogP contribution is -2.44. The van der Waals surface area contributed by atoms with E-state index >= 15 is 0 Å². The second-order valence-corrected chi connectivity index (χ2v) is 6.92. The zero-order valence-corrected chi connectivity index (χ0v) is 13.7. The lowest BCUT2D eigenvalue weighted by Gasteiger charge is -2.32. The zero-order valence-electron chi connectivity index (χ0n) is 13.7. The summed E-state index contributed by atoms with van der Waals surface area (Å²) in [4.78, 5) is 26.1. The molecule has 2 aliphatic heterocycles. The first-order chi connectivity index (χ1) is 11.1. The van der Waals surface area contributed by atoms with Crippen molar-refractivity contribution in [3.05, 3.63) is 30.4 Å². The van der Waals surface area contributed by atoms with Crippen LogP contribution in [0.1, 0.15) is 43.6 Å². The Bertz CT molecular complexity index is 692. The minimum atomic E-state index is 0.0340. The topological polar surface area (TPSA) is 53.7 Å². The third-order valence-corrected chi connectivity index (χ3v) is 5.18. The van der Waals surface area contributed by atoms with E-state index in [2.05, 4.69) is 28.7 Å². The fourth-order valence-electron chi connectivity index (χ4n) is 4.23. The van der Waals surface area contributed by atoms with Crippen LogP contribution in [0.5, 0.6) is 0 Å². The molecule has 122 valence electrons. The molecule has 6 heteroatoms. The van der Waals surface area contributed by atoms with E-state index in [1.165, 1.54) is 12.8 Å². The van der Waals surface area contributed by atoms with Crippen LogP contribution >= 0.6 is 0 Å². The Morgan fingerprint density at radius 2 is 2.09 bits per heavy atom. The van der Waals surface area contributed by atoms with Crippen molar-refractivity contribution in [3.63, 3.8) is 0 Å². The minimum absolute atomic E-state index is 0.0340. The molecule has 2 saturated heterocycles. The predicted molar refractivity (Wildman–Crippen MR) is 87.3 cm³/mol. The SMILES string of the molecule is CC(C)N1C2CCC1CN(C(=O)c1cn3cccnc3n1)CC2. The van der Waals surface area contributed by atoms with Crippen molar-refractivity contribution in [2.24, 2.45) is 0 Å². The highest BCUT2D eigenvalue weighted by atomic mass is 16.2. The molecule has 2 aromatic heterocycles. The Balaban J connectivity index is 1.57. The Morgan fingerprint density at radius 3 is 2.87 bits per heavy atom. The summed E-state index contributed by atoms with van der Waals surface area (Å²) in [6.45, 7) is 6.16. The summed E-state index contributed by atoms with van der Waals surface area (Å²) in [7, 11) is 0. The van der Waals surface area contributed by atoms with Gasteiger partial charge in [0.2, 0.25) is 5.78 Å². The first-order valence-electron chi connectivity index (χ1n) is 8.50. The summed E-state index contributed by atoms with van der Waals surface area (Å²) in [5, 5.41) is 0. The van der Waals surface area contributed by atoms with Crippen molar-refractivity contribution in [1.82, 2.24) is 24.2 Å². The Morgan fingerprint density at radius 1 is 1.26 bits per heavy atom. The van der Waals surface area contributed by atoms with Gasteiger partial charge in [0, 0.05) is 49.8 Å². The van der Waals surface area contributed by atoms with E-state index in [1.807, 2.05) is 17.2 Å². The molecule has 4 heterocycles. The van der Waals surface area contributed by atoms with E-state index in [0.717, 1.165) is 19.5 Å². The molecule has 2 aromatic rings. The van der Waals surface area contributed by atoms with E-state index < -0.39 is 0 Å². The highest BCUT2D eigenvalue weighted by Crippen LogP contribution is 2.32. The summed E-state index contributed by atoms with van der Waals surface area (Å²) in [5.41, 5.74) is 0.498. The third-order valence-electron chi connectivity index (χ3n) is 5.18. The molecule has 0 aliphatic carbocycles. The average molecular weight is 313 g/mol. The van der Waals surface area contributed by atoms with Gasteiger partial charge in [0.05, 0.1) is 0 Å². The van der Waals surface area contributed by atoms with Gasteiger partial charge in [-0.2, -0.15) is 0 Å². The van der Waals surface area contributed by atoms with Gasteiger partial charge in [0.15, 0.2) is 0 Å². The molecule has 2 aliphatic rings. The summed E-state index contributed by atoms with van der Waals surface area (Å²) < 4.78 is 1.80. The van der Waals surface area contributed by atoms with E-state index in [0.29, 0.717) is 29.6 Å². The number of imidazole rings is 1. The largest absolute Gasteiger partial charge is 0.336 e. The van der Waals surface area contributed by atoms with Crippen molar-refractivity contribution >= 4 is 11.7 Å². The molecule has 1 amide bonds. The molecule has 0 spiro atoms. The van der Waals surface area contributed by atoms with Crippen molar-refractivity contribution < 1.29 is 4.79 Å². The van der Waals surface area contributed by atoms with Crippen LogP contribution in [0.3, 0.4) is 0 Å². The molecule has 2 atom stereocenters. The van der Waals surface area contributed by atoms with Crippen molar-refractivity contribution in [2.45, 2.75) is 51.2 Å². The number of aromatic nitrogens is 3. The van der Waals surface area contributed by atoms with E-state index in [1.54, 1.807) is 16.8 Å². The molecular formula is C17H23N5O. The summed E-state index contributed by atoms with van der Waals surface area (Å²) in [6.07, 6.45) is 8.88. The lowest BCUT2D eigenvalue weighted by atomic mass is 10.1. The number of rotatable bonds is 2. The highest BCUT2D eigenvalue weighted by Gasteiger charge is 2.39. The molecule has 0 radical (unpaired) electrons. The number of carbonyl (C=O) groups excluding carboxylic acids is 1. The second-order valence-electron chi connectivity index (χ2n) is 6.92. The van der Waals surface area contributed by atoms with Gasteiger partial charge in [-0.25, -0.2) is 9.97 Å². The number of fused-ring (bicyclic) bond motifs is 3. The molecule has 6 nitrogen and oxygen atoms in total. The molecule has 2 unspecified atom stereocenters. The van der Waals surface area contributed by atoms with Crippen LogP contribution < -0.4 is 0 Å². The van der Waals surface area contributed by atoms with Gasteiger partial charge in [-0.15, -0.1) is 0 Å². The Kier molecular flexibility index (Phi) is 3.56. The average Bonchev–Trinajstić information content (AvgIpc) is 3.07. The van der Waals surface area contributed by atoms with Gasteiger partial charge in [-0.3, -0.25) is 14.1 Å². The van der Waals surface area contributed by atoms with Crippen LogP contribution in [0, 0.1) is 0 Å². The molecule has 2 bridgehead atoms. The summed E-state index contributed by atoms with van der Waals surface area (Å²) in [5.74, 6) is 0.614.